The second kappa shape index (κ2) is 9.42. The number of nitrogens with zero attached hydrogens (tertiary/aromatic N) is 3. The van der Waals surface area contributed by atoms with Crippen molar-refractivity contribution in [3.63, 3.8) is 0 Å². The minimum Gasteiger partial charge on any atom is -0.355 e. The molecule has 0 bridgehead atoms. The van der Waals surface area contributed by atoms with Gasteiger partial charge in [-0.25, -0.2) is 14.9 Å². The number of amidine groups is 2. The van der Waals surface area contributed by atoms with Crippen LogP contribution in [0.5, 0.6) is 0 Å². The van der Waals surface area contributed by atoms with Crippen LogP contribution in [0.2, 0.25) is 0 Å². The van der Waals surface area contributed by atoms with Crippen molar-refractivity contribution in [2.75, 3.05) is 12.3 Å². The van der Waals surface area contributed by atoms with Gasteiger partial charge in [0, 0.05) is 12.1 Å². The zero-order valence-electron chi connectivity index (χ0n) is 17.8. The second-order valence-electron chi connectivity index (χ2n) is 7.73. The van der Waals surface area contributed by atoms with Crippen LogP contribution in [0.1, 0.15) is 22.7 Å². The van der Waals surface area contributed by atoms with Gasteiger partial charge < -0.3 is 5.32 Å². The van der Waals surface area contributed by atoms with Gasteiger partial charge in [0.2, 0.25) is 5.91 Å². The molecule has 0 aromatic heterocycles. The molecule has 0 radical (unpaired) electrons. The third kappa shape index (κ3) is 4.45. The third-order valence-electron chi connectivity index (χ3n) is 5.50. The van der Waals surface area contributed by atoms with Crippen LogP contribution in [-0.2, 0) is 16.0 Å². The van der Waals surface area contributed by atoms with E-state index in [4.69, 9.17) is 9.98 Å². The van der Waals surface area contributed by atoms with Crippen molar-refractivity contribution in [1.82, 2.24) is 10.2 Å². The Bertz CT molecular complexity index is 1240. The molecule has 1 N–H and O–H groups in total. The SMILES string of the molecule is O=C(CSC1=Nc2ccccc2C2=N[C@@H](c3ccccc3)C(=O)N12)NCCc1ccccc1. The Kier molecular flexibility index (Phi) is 6.04. The first-order valence-electron chi connectivity index (χ1n) is 10.8. The molecule has 6 nitrogen and oxygen atoms in total. The molecule has 0 fully saturated rings. The Morgan fingerprint density at radius 1 is 0.939 bits per heavy atom. The average Bonchev–Trinajstić information content (AvgIpc) is 3.21. The van der Waals surface area contributed by atoms with Gasteiger partial charge in [0.1, 0.15) is 5.84 Å². The van der Waals surface area contributed by atoms with Crippen molar-refractivity contribution < 1.29 is 9.59 Å². The highest BCUT2D eigenvalue weighted by Gasteiger charge is 2.42. The standard InChI is InChI=1S/C26H22N4O2S/c31-22(27-16-15-18-9-3-1-4-10-18)17-33-26-28-21-14-8-7-13-20(21)24-29-23(25(32)30(24)26)19-11-5-2-6-12-19/h1-14,23H,15-17H2,(H,27,31)/t23-/m0/s1. The van der Waals surface area contributed by atoms with Crippen molar-refractivity contribution >= 4 is 40.3 Å². The van der Waals surface area contributed by atoms with Crippen LogP contribution in [0.4, 0.5) is 5.69 Å². The lowest BCUT2D eigenvalue weighted by molar-refractivity contribution is -0.124. The largest absolute Gasteiger partial charge is 0.355 e. The highest BCUT2D eigenvalue weighted by atomic mass is 32.2. The van der Waals surface area contributed by atoms with Crippen molar-refractivity contribution in [2.45, 2.75) is 12.5 Å². The van der Waals surface area contributed by atoms with Crippen molar-refractivity contribution in [3.8, 4) is 0 Å². The Hall–Kier alpha value is -3.71. The van der Waals surface area contributed by atoms with Crippen LogP contribution in [0.15, 0.2) is 94.9 Å². The molecule has 0 aliphatic carbocycles. The fourth-order valence-electron chi connectivity index (χ4n) is 3.87. The minimum absolute atomic E-state index is 0.0952. The number of fused-ring (bicyclic) bond motifs is 3. The summed E-state index contributed by atoms with van der Waals surface area (Å²) in [4.78, 5) is 36.8. The number of rotatable bonds is 6. The summed E-state index contributed by atoms with van der Waals surface area (Å²) in [5.74, 6) is 0.512. The highest BCUT2D eigenvalue weighted by Crippen LogP contribution is 2.37. The Labute approximate surface area is 196 Å². The monoisotopic (exact) mass is 454 g/mol. The maximum atomic E-state index is 13.4. The molecule has 2 aliphatic heterocycles. The van der Waals surface area contributed by atoms with E-state index >= 15 is 0 Å². The zero-order valence-corrected chi connectivity index (χ0v) is 18.7. The fraction of sp³-hybridized carbons (Fsp3) is 0.154. The molecule has 2 heterocycles. The molecule has 5 rings (SSSR count). The molecule has 7 heteroatoms. The number of hydrogen-bond acceptors (Lipinski definition) is 5. The Balaban J connectivity index is 1.31. The molecule has 0 saturated heterocycles. The lowest BCUT2D eigenvalue weighted by Gasteiger charge is -2.25. The van der Waals surface area contributed by atoms with Crippen molar-refractivity contribution in [3.05, 3.63) is 102 Å². The maximum absolute atomic E-state index is 13.4. The molecule has 0 saturated carbocycles. The summed E-state index contributed by atoms with van der Waals surface area (Å²) in [7, 11) is 0. The van der Waals surface area contributed by atoms with Crippen LogP contribution in [0.25, 0.3) is 0 Å². The van der Waals surface area contributed by atoms with E-state index in [1.807, 2.05) is 84.9 Å². The summed E-state index contributed by atoms with van der Waals surface area (Å²) in [6.07, 6.45) is 0.770. The number of benzene rings is 3. The van der Waals surface area contributed by atoms with Crippen LogP contribution in [0, 0.1) is 0 Å². The minimum atomic E-state index is -0.613. The van der Waals surface area contributed by atoms with Crippen LogP contribution in [-0.4, -0.2) is 40.0 Å². The van der Waals surface area contributed by atoms with Gasteiger partial charge in [0.25, 0.3) is 5.91 Å². The van der Waals surface area contributed by atoms with E-state index in [0.717, 1.165) is 23.2 Å². The number of carbonyl (C=O) groups excluding carboxylic acids is 2. The molecule has 0 spiro atoms. The number of para-hydroxylation sites is 1. The number of hydrogen-bond donors (Lipinski definition) is 1. The van der Waals surface area contributed by atoms with Gasteiger partial charge >= 0.3 is 0 Å². The highest BCUT2D eigenvalue weighted by molar-refractivity contribution is 8.14. The van der Waals surface area contributed by atoms with Gasteiger partial charge in [-0.15, -0.1) is 0 Å². The Morgan fingerprint density at radius 3 is 2.42 bits per heavy atom. The molecular weight excluding hydrogens is 432 g/mol. The van der Waals surface area contributed by atoms with E-state index < -0.39 is 6.04 Å². The first-order valence-corrected chi connectivity index (χ1v) is 11.8. The summed E-state index contributed by atoms with van der Waals surface area (Å²) >= 11 is 1.25. The van der Waals surface area contributed by atoms with Crippen molar-refractivity contribution in [2.24, 2.45) is 9.98 Å². The van der Waals surface area contributed by atoms with E-state index in [2.05, 4.69) is 5.32 Å². The van der Waals surface area contributed by atoms with Gasteiger partial charge in [0.05, 0.1) is 11.4 Å². The molecule has 33 heavy (non-hydrogen) atoms. The van der Waals surface area contributed by atoms with E-state index in [-0.39, 0.29) is 17.6 Å². The maximum Gasteiger partial charge on any atom is 0.263 e. The average molecular weight is 455 g/mol. The molecule has 2 amide bonds. The molecule has 1 atom stereocenters. The van der Waals surface area contributed by atoms with Crippen molar-refractivity contribution in [1.29, 1.82) is 0 Å². The number of amides is 2. The Morgan fingerprint density at radius 2 is 1.64 bits per heavy atom. The number of nitrogens with one attached hydrogen (secondary N) is 1. The molecule has 0 unspecified atom stereocenters. The lowest BCUT2D eigenvalue weighted by Crippen LogP contribution is -2.40. The van der Waals surface area contributed by atoms with Gasteiger partial charge in [-0.05, 0) is 29.7 Å². The topological polar surface area (TPSA) is 74.1 Å². The second-order valence-corrected chi connectivity index (χ2v) is 8.67. The molecule has 2 aliphatic rings. The van der Waals surface area contributed by atoms with Crippen LogP contribution in [0.3, 0.4) is 0 Å². The zero-order chi connectivity index (χ0) is 22.6. The third-order valence-corrected chi connectivity index (χ3v) is 6.43. The number of thioether (sulfide) groups is 1. The first-order chi connectivity index (χ1) is 16.2. The number of aliphatic imine (C=N–C) groups is 2. The number of carbonyl (C=O) groups is 2. The van der Waals surface area contributed by atoms with Gasteiger partial charge in [-0.3, -0.25) is 9.59 Å². The summed E-state index contributed by atoms with van der Waals surface area (Å²) < 4.78 is 0. The van der Waals surface area contributed by atoms with E-state index in [9.17, 15) is 9.59 Å². The fourth-order valence-corrected chi connectivity index (χ4v) is 4.70. The summed E-state index contributed by atoms with van der Waals surface area (Å²) in [6, 6.07) is 26.6. The first kappa shape index (κ1) is 21.2. The molecular formula is C26H22N4O2S. The van der Waals surface area contributed by atoms with E-state index in [0.29, 0.717) is 17.5 Å². The van der Waals surface area contributed by atoms with E-state index in [1.54, 1.807) is 4.90 Å². The predicted molar refractivity (Wildman–Crippen MR) is 132 cm³/mol. The molecule has 3 aromatic carbocycles. The van der Waals surface area contributed by atoms with E-state index in [1.165, 1.54) is 17.3 Å². The molecule has 164 valence electrons. The van der Waals surface area contributed by atoms with Gasteiger partial charge in [-0.2, -0.15) is 0 Å². The predicted octanol–water partition coefficient (Wildman–Crippen LogP) is 4.11. The smallest absolute Gasteiger partial charge is 0.263 e. The lowest BCUT2D eigenvalue weighted by atomic mass is 10.1. The normalized spacial score (nSPS) is 16.5. The quantitative estimate of drug-likeness (QED) is 0.609. The summed E-state index contributed by atoms with van der Waals surface area (Å²) in [6.45, 7) is 0.560. The van der Waals surface area contributed by atoms with Gasteiger partial charge in [0.15, 0.2) is 11.2 Å². The summed E-state index contributed by atoms with van der Waals surface area (Å²) in [5, 5.41) is 3.43. The summed E-state index contributed by atoms with van der Waals surface area (Å²) in [5.41, 5.74) is 3.58. The van der Waals surface area contributed by atoms with Crippen LogP contribution < -0.4 is 5.32 Å². The molecule has 3 aromatic rings. The van der Waals surface area contributed by atoms with Gasteiger partial charge in [-0.1, -0.05) is 84.6 Å². The van der Waals surface area contributed by atoms with Crippen LogP contribution >= 0.6 is 11.8 Å².